The van der Waals surface area contributed by atoms with Gasteiger partial charge in [-0.3, -0.25) is 9.59 Å². The van der Waals surface area contributed by atoms with Gasteiger partial charge in [0.15, 0.2) is 5.43 Å². The van der Waals surface area contributed by atoms with Crippen LogP contribution in [0, 0.1) is 18.7 Å². The minimum Gasteiger partial charge on any atom is -0.478 e. The molecule has 1 aromatic heterocycles. The van der Waals surface area contributed by atoms with Crippen LogP contribution in [0.25, 0.3) is 16.5 Å². The summed E-state index contributed by atoms with van der Waals surface area (Å²) in [4.78, 5) is 39.1. The fourth-order valence-electron chi connectivity index (χ4n) is 4.78. The summed E-state index contributed by atoms with van der Waals surface area (Å²) in [5, 5.41) is 12.8. The predicted molar refractivity (Wildman–Crippen MR) is 135 cm³/mol. The van der Waals surface area contributed by atoms with Gasteiger partial charge in [-0.25, -0.2) is 9.18 Å². The number of carboxylic acid groups (broad SMARTS) is 1. The minimum atomic E-state index is -1.09. The number of nitrogens with zero attached hydrogens (tertiary/aromatic N) is 1. The normalized spacial score (nSPS) is 16.5. The molecule has 0 unspecified atom stereocenters. The third kappa shape index (κ3) is 4.39. The predicted octanol–water partition coefficient (Wildman–Crippen LogP) is 5.14. The molecule has 0 radical (unpaired) electrons. The van der Waals surface area contributed by atoms with Gasteiger partial charge in [-0.15, -0.1) is 0 Å². The van der Waals surface area contributed by atoms with Gasteiger partial charge in [0.25, 0.3) is 0 Å². The number of halogens is 1. The summed E-state index contributed by atoms with van der Waals surface area (Å²) in [6, 6.07) is 8.36. The highest BCUT2D eigenvalue weighted by atomic mass is 19.1. The van der Waals surface area contributed by atoms with E-state index < -0.39 is 17.8 Å². The topological polar surface area (TPSA) is 99.8 Å². The molecule has 1 fully saturated rings. The molecule has 5 rings (SSSR count). The number of anilines is 1. The van der Waals surface area contributed by atoms with Crippen molar-refractivity contribution in [1.82, 2.24) is 4.90 Å². The molecule has 0 bridgehead atoms. The summed E-state index contributed by atoms with van der Waals surface area (Å²) in [6.45, 7) is 4.45. The highest BCUT2D eigenvalue weighted by Gasteiger charge is 2.34. The molecule has 0 spiro atoms. The zero-order chi connectivity index (χ0) is 25.6. The van der Waals surface area contributed by atoms with E-state index in [0.29, 0.717) is 42.1 Å². The Labute approximate surface area is 207 Å². The molecule has 1 aliphatic carbocycles. The molecule has 36 heavy (non-hydrogen) atoms. The SMILES string of the molecule is Cc1c(C2=CCN(C(=O)C3CC3)CC2)oc2c([C@@H](C)Nc3ccccc3C(=O)O)cc(F)cc2c1=O. The number of rotatable bonds is 6. The van der Waals surface area contributed by atoms with Crippen LogP contribution < -0.4 is 10.7 Å². The highest BCUT2D eigenvalue weighted by Crippen LogP contribution is 2.35. The molecule has 2 N–H and O–H groups in total. The second kappa shape index (κ2) is 9.26. The maximum absolute atomic E-state index is 14.6. The Bertz CT molecular complexity index is 1470. The lowest BCUT2D eigenvalue weighted by molar-refractivity contribution is -0.132. The lowest BCUT2D eigenvalue weighted by Crippen LogP contribution is -2.35. The number of aromatic carboxylic acids is 1. The molecule has 1 saturated carbocycles. The molecule has 2 aliphatic rings. The number of amides is 1. The van der Waals surface area contributed by atoms with Crippen molar-refractivity contribution in [2.24, 2.45) is 5.92 Å². The minimum absolute atomic E-state index is 0.0840. The molecule has 1 amide bonds. The second-order valence-electron chi connectivity index (χ2n) is 9.51. The molecule has 0 saturated heterocycles. The van der Waals surface area contributed by atoms with Crippen molar-refractivity contribution in [3.8, 4) is 0 Å². The Hall–Kier alpha value is -3.94. The Morgan fingerprint density at radius 1 is 1.22 bits per heavy atom. The third-order valence-corrected chi connectivity index (χ3v) is 6.95. The Morgan fingerprint density at radius 2 is 1.97 bits per heavy atom. The molecule has 1 atom stereocenters. The first kappa shape index (κ1) is 23.8. The summed E-state index contributed by atoms with van der Waals surface area (Å²) in [5.74, 6) is -0.892. The van der Waals surface area contributed by atoms with Gasteiger partial charge >= 0.3 is 5.97 Å². The quantitative estimate of drug-likeness (QED) is 0.497. The van der Waals surface area contributed by atoms with Crippen LogP contribution in [0.3, 0.4) is 0 Å². The first-order chi connectivity index (χ1) is 17.2. The van der Waals surface area contributed by atoms with Gasteiger partial charge in [0, 0.05) is 35.8 Å². The monoisotopic (exact) mass is 490 g/mol. The Morgan fingerprint density at radius 3 is 2.64 bits per heavy atom. The van der Waals surface area contributed by atoms with E-state index in [1.54, 1.807) is 32.0 Å². The first-order valence-electron chi connectivity index (χ1n) is 12.1. The van der Waals surface area contributed by atoms with E-state index in [-0.39, 0.29) is 33.8 Å². The molecular weight excluding hydrogens is 463 g/mol. The zero-order valence-electron chi connectivity index (χ0n) is 20.1. The summed E-state index contributed by atoms with van der Waals surface area (Å²) < 4.78 is 20.9. The van der Waals surface area contributed by atoms with Crippen molar-refractivity contribution < 1.29 is 23.5 Å². The Balaban J connectivity index is 1.54. The first-order valence-corrected chi connectivity index (χ1v) is 12.1. The van der Waals surface area contributed by atoms with Crippen LogP contribution in [0.4, 0.5) is 10.1 Å². The molecule has 7 nitrogen and oxygen atoms in total. The molecule has 3 aromatic rings. The van der Waals surface area contributed by atoms with Crippen LogP contribution >= 0.6 is 0 Å². The summed E-state index contributed by atoms with van der Waals surface area (Å²) in [5.41, 5.74) is 2.04. The van der Waals surface area contributed by atoms with E-state index in [0.717, 1.165) is 18.4 Å². The number of nitrogens with one attached hydrogen (secondary N) is 1. The van der Waals surface area contributed by atoms with E-state index in [4.69, 9.17) is 4.42 Å². The van der Waals surface area contributed by atoms with Crippen molar-refractivity contribution in [3.63, 3.8) is 0 Å². The van der Waals surface area contributed by atoms with E-state index in [1.165, 1.54) is 18.2 Å². The number of carbonyl (C=O) groups excluding carboxylic acids is 1. The van der Waals surface area contributed by atoms with E-state index in [2.05, 4.69) is 5.32 Å². The van der Waals surface area contributed by atoms with Gasteiger partial charge in [0.05, 0.1) is 17.0 Å². The highest BCUT2D eigenvalue weighted by molar-refractivity contribution is 5.94. The lowest BCUT2D eigenvalue weighted by Gasteiger charge is -2.27. The third-order valence-electron chi connectivity index (χ3n) is 6.95. The summed E-state index contributed by atoms with van der Waals surface area (Å²) in [6.07, 6.45) is 4.39. The van der Waals surface area contributed by atoms with Gasteiger partial charge in [0.1, 0.15) is 17.2 Å². The number of hydrogen-bond acceptors (Lipinski definition) is 5. The standard InChI is InChI=1S/C28H27FN2O5/c1-15-24(32)22-14-19(29)13-21(16(2)30-23-6-4-3-5-20(23)28(34)35)26(22)36-25(15)17-9-11-31(12-10-17)27(33)18-7-8-18/h3-6,9,13-14,16,18,30H,7-8,10-12H2,1-2H3,(H,34,35)/t16-/m1/s1. The Kier molecular flexibility index (Phi) is 6.12. The second-order valence-corrected chi connectivity index (χ2v) is 9.51. The van der Waals surface area contributed by atoms with E-state index in [1.807, 2.05) is 11.0 Å². The molecule has 2 aromatic carbocycles. The van der Waals surface area contributed by atoms with Gasteiger partial charge in [-0.2, -0.15) is 0 Å². The molecular formula is C28H27FN2O5. The maximum Gasteiger partial charge on any atom is 0.337 e. The number of benzene rings is 2. The van der Waals surface area contributed by atoms with Crippen LogP contribution in [-0.2, 0) is 4.79 Å². The number of hydrogen-bond donors (Lipinski definition) is 2. The van der Waals surface area contributed by atoms with E-state index in [9.17, 15) is 23.9 Å². The molecule has 186 valence electrons. The number of para-hydroxylation sites is 1. The average molecular weight is 491 g/mol. The van der Waals surface area contributed by atoms with Crippen molar-refractivity contribution >= 4 is 34.1 Å². The lowest BCUT2D eigenvalue weighted by atomic mass is 9.98. The fraction of sp³-hybridized carbons (Fsp3) is 0.321. The van der Waals surface area contributed by atoms with Crippen LogP contribution in [-0.4, -0.2) is 35.0 Å². The van der Waals surface area contributed by atoms with Crippen LogP contribution in [0.2, 0.25) is 0 Å². The largest absolute Gasteiger partial charge is 0.478 e. The number of fused-ring (bicyclic) bond motifs is 1. The summed E-state index contributed by atoms with van der Waals surface area (Å²) >= 11 is 0. The van der Waals surface area contributed by atoms with Gasteiger partial charge < -0.3 is 19.7 Å². The van der Waals surface area contributed by atoms with Crippen molar-refractivity contribution in [3.05, 3.63) is 81.0 Å². The fourth-order valence-corrected chi connectivity index (χ4v) is 4.78. The maximum atomic E-state index is 14.6. The number of carbonyl (C=O) groups is 2. The zero-order valence-corrected chi connectivity index (χ0v) is 20.1. The summed E-state index contributed by atoms with van der Waals surface area (Å²) in [7, 11) is 0. The van der Waals surface area contributed by atoms with Crippen LogP contribution in [0.5, 0.6) is 0 Å². The van der Waals surface area contributed by atoms with Crippen LogP contribution in [0.1, 0.15) is 59.5 Å². The number of carboxylic acids is 1. The van der Waals surface area contributed by atoms with Gasteiger partial charge in [-0.1, -0.05) is 18.2 Å². The average Bonchev–Trinajstić information content (AvgIpc) is 3.71. The van der Waals surface area contributed by atoms with Crippen molar-refractivity contribution in [2.75, 3.05) is 18.4 Å². The van der Waals surface area contributed by atoms with Crippen molar-refractivity contribution in [2.45, 2.75) is 39.2 Å². The van der Waals surface area contributed by atoms with E-state index >= 15 is 0 Å². The van der Waals surface area contributed by atoms with Crippen molar-refractivity contribution in [1.29, 1.82) is 0 Å². The van der Waals surface area contributed by atoms with Crippen LogP contribution in [0.15, 0.2) is 51.7 Å². The molecule has 8 heteroatoms. The van der Waals surface area contributed by atoms with Gasteiger partial charge in [0.2, 0.25) is 5.91 Å². The smallest absolute Gasteiger partial charge is 0.337 e. The molecule has 2 heterocycles. The molecule has 1 aliphatic heterocycles. The van der Waals surface area contributed by atoms with Gasteiger partial charge in [-0.05, 0) is 62.9 Å².